The van der Waals surface area contributed by atoms with Gasteiger partial charge in [0, 0.05) is 6.54 Å². The van der Waals surface area contributed by atoms with Gasteiger partial charge in [0.25, 0.3) is 0 Å². The summed E-state index contributed by atoms with van der Waals surface area (Å²) in [5.74, 6) is -0.676. The number of carbonyl (C=O) groups is 1. The van der Waals surface area contributed by atoms with Crippen molar-refractivity contribution in [3.63, 3.8) is 0 Å². The summed E-state index contributed by atoms with van der Waals surface area (Å²) in [5.41, 5.74) is 1.91. The molecule has 5 heteroatoms. The van der Waals surface area contributed by atoms with Crippen molar-refractivity contribution >= 4 is 5.97 Å². The van der Waals surface area contributed by atoms with E-state index in [1.807, 2.05) is 30.3 Å². The monoisotopic (exact) mass is 317 g/mol. The normalized spacial score (nSPS) is 11.9. The van der Waals surface area contributed by atoms with Crippen LogP contribution in [0.3, 0.4) is 0 Å². The second-order valence-electron chi connectivity index (χ2n) is 5.08. The fourth-order valence-corrected chi connectivity index (χ4v) is 2.06. The van der Waals surface area contributed by atoms with Crippen LogP contribution < -0.4 is 5.32 Å². The second kappa shape index (κ2) is 9.02. The number of benzene rings is 2. The van der Waals surface area contributed by atoms with Crippen molar-refractivity contribution < 1.29 is 18.7 Å². The SMILES string of the molecule is COC(=O)C(COCc1ccccc1)NCc1ccc(F)cc1. The van der Waals surface area contributed by atoms with Gasteiger partial charge in [-0.3, -0.25) is 10.1 Å². The Labute approximate surface area is 135 Å². The zero-order valence-electron chi connectivity index (χ0n) is 13.0. The summed E-state index contributed by atoms with van der Waals surface area (Å²) in [6, 6.07) is 15.2. The van der Waals surface area contributed by atoms with Gasteiger partial charge < -0.3 is 9.47 Å². The van der Waals surface area contributed by atoms with Crippen LogP contribution in [0.5, 0.6) is 0 Å². The van der Waals surface area contributed by atoms with Crippen LogP contribution in [-0.4, -0.2) is 25.7 Å². The molecule has 1 unspecified atom stereocenters. The van der Waals surface area contributed by atoms with E-state index >= 15 is 0 Å². The van der Waals surface area contributed by atoms with E-state index in [4.69, 9.17) is 9.47 Å². The summed E-state index contributed by atoms with van der Waals surface area (Å²) >= 11 is 0. The molecule has 0 heterocycles. The average molecular weight is 317 g/mol. The summed E-state index contributed by atoms with van der Waals surface area (Å²) in [5, 5.41) is 3.07. The van der Waals surface area contributed by atoms with E-state index in [0.29, 0.717) is 13.2 Å². The van der Waals surface area contributed by atoms with Crippen LogP contribution in [-0.2, 0) is 27.4 Å². The Bertz CT molecular complexity index is 601. The van der Waals surface area contributed by atoms with Gasteiger partial charge in [0.2, 0.25) is 0 Å². The molecule has 0 aliphatic heterocycles. The standard InChI is InChI=1S/C18H20FNO3/c1-22-18(21)17(13-23-12-15-5-3-2-4-6-15)20-11-14-7-9-16(19)10-8-14/h2-10,17,20H,11-13H2,1H3. The zero-order chi connectivity index (χ0) is 16.5. The maximum atomic E-state index is 12.9. The Morgan fingerprint density at radius 1 is 1.09 bits per heavy atom. The first-order valence-corrected chi connectivity index (χ1v) is 7.36. The molecular weight excluding hydrogens is 297 g/mol. The number of carbonyl (C=O) groups excluding carboxylic acids is 1. The average Bonchev–Trinajstić information content (AvgIpc) is 2.59. The first-order valence-electron chi connectivity index (χ1n) is 7.36. The number of esters is 1. The summed E-state index contributed by atoms with van der Waals surface area (Å²) in [6.45, 7) is 1.05. The third kappa shape index (κ3) is 5.81. The Morgan fingerprint density at radius 2 is 1.78 bits per heavy atom. The third-order valence-electron chi connectivity index (χ3n) is 3.35. The van der Waals surface area contributed by atoms with E-state index in [2.05, 4.69) is 5.32 Å². The van der Waals surface area contributed by atoms with Gasteiger partial charge in [-0.05, 0) is 23.3 Å². The Balaban J connectivity index is 1.84. The van der Waals surface area contributed by atoms with Crippen LogP contribution in [0.2, 0.25) is 0 Å². The second-order valence-corrected chi connectivity index (χ2v) is 5.08. The predicted octanol–water partition coefficient (Wildman–Crippen LogP) is 2.67. The van der Waals surface area contributed by atoms with Crippen molar-refractivity contribution in [2.24, 2.45) is 0 Å². The lowest BCUT2D eigenvalue weighted by atomic mass is 10.2. The van der Waals surface area contributed by atoms with Crippen LogP contribution in [0.15, 0.2) is 54.6 Å². The fraction of sp³-hybridized carbons (Fsp3) is 0.278. The van der Waals surface area contributed by atoms with Crippen molar-refractivity contribution in [3.05, 3.63) is 71.5 Å². The van der Waals surface area contributed by atoms with Gasteiger partial charge in [0.05, 0.1) is 20.3 Å². The maximum absolute atomic E-state index is 12.9. The van der Waals surface area contributed by atoms with Crippen molar-refractivity contribution in [1.29, 1.82) is 0 Å². The number of hydrogen-bond acceptors (Lipinski definition) is 4. The molecule has 4 nitrogen and oxygen atoms in total. The minimum absolute atomic E-state index is 0.197. The molecule has 2 aromatic rings. The number of ether oxygens (including phenoxy) is 2. The molecule has 0 saturated heterocycles. The van der Waals surface area contributed by atoms with E-state index < -0.39 is 6.04 Å². The Kier molecular flexibility index (Phi) is 6.72. The predicted molar refractivity (Wildman–Crippen MR) is 85.1 cm³/mol. The van der Waals surface area contributed by atoms with E-state index in [0.717, 1.165) is 11.1 Å². The molecule has 0 aliphatic carbocycles. The zero-order valence-corrected chi connectivity index (χ0v) is 13.0. The van der Waals surface area contributed by atoms with Gasteiger partial charge in [-0.25, -0.2) is 4.39 Å². The molecule has 0 spiro atoms. The highest BCUT2D eigenvalue weighted by atomic mass is 19.1. The Morgan fingerprint density at radius 3 is 2.43 bits per heavy atom. The van der Waals surface area contributed by atoms with Gasteiger partial charge in [-0.1, -0.05) is 42.5 Å². The smallest absolute Gasteiger partial charge is 0.325 e. The molecule has 23 heavy (non-hydrogen) atoms. The van der Waals surface area contributed by atoms with Crippen molar-refractivity contribution in [1.82, 2.24) is 5.32 Å². The fourth-order valence-electron chi connectivity index (χ4n) is 2.06. The van der Waals surface area contributed by atoms with Crippen molar-refractivity contribution in [3.8, 4) is 0 Å². The first-order chi connectivity index (χ1) is 11.2. The number of halogens is 1. The van der Waals surface area contributed by atoms with E-state index in [9.17, 15) is 9.18 Å². The molecule has 0 fully saturated rings. The molecule has 0 aliphatic rings. The van der Waals surface area contributed by atoms with Crippen molar-refractivity contribution in [2.45, 2.75) is 19.2 Å². The highest BCUT2D eigenvalue weighted by Gasteiger charge is 2.18. The minimum Gasteiger partial charge on any atom is -0.468 e. The van der Waals surface area contributed by atoms with Crippen LogP contribution in [0.4, 0.5) is 4.39 Å². The van der Waals surface area contributed by atoms with Gasteiger partial charge in [-0.2, -0.15) is 0 Å². The molecule has 0 saturated carbocycles. The summed E-state index contributed by atoms with van der Waals surface area (Å²) < 4.78 is 23.3. The van der Waals surface area contributed by atoms with Gasteiger partial charge in [0.15, 0.2) is 0 Å². The van der Waals surface area contributed by atoms with Crippen LogP contribution in [0.25, 0.3) is 0 Å². The maximum Gasteiger partial charge on any atom is 0.325 e. The number of hydrogen-bond donors (Lipinski definition) is 1. The summed E-state index contributed by atoms with van der Waals surface area (Å²) in [4.78, 5) is 11.8. The molecule has 122 valence electrons. The highest BCUT2D eigenvalue weighted by molar-refractivity contribution is 5.75. The van der Waals surface area contributed by atoms with Gasteiger partial charge in [-0.15, -0.1) is 0 Å². The highest BCUT2D eigenvalue weighted by Crippen LogP contribution is 2.05. The van der Waals surface area contributed by atoms with Crippen molar-refractivity contribution in [2.75, 3.05) is 13.7 Å². The summed E-state index contributed by atoms with van der Waals surface area (Å²) in [7, 11) is 1.34. The van der Waals surface area contributed by atoms with E-state index in [1.54, 1.807) is 12.1 Å². The van der Waals surface area contributed by atoms with Crippen LogP contribution in [0.1, 0.15) is 11.1 Å². The molecule has 1 N–H and O–H groups in total. The van der Waals surface area contributed by atoms with Gasteiger partial charge in [0.1, 0.15) is 11.9 Å². The molecular formula is C18H20FNO3. The number of methoxy groups -OCH3 is 1. The minimum atomic E-state index is -0.575. The topological polar surface area (TPSA) is 47.6 Å². The van der Waals surface area contributed by atoms with Gasteiger partial charge >= 0.3 is 5.97 Å². The third-order valence-corrected chi connectivity index (χ3v) is 3.35. The van der Waals surface area contributed by atoms with E-state index in [1.165, 1.54) is 19.2 Å². The molecule has 0 bridgehead atoms. The van der Waals surface area contributed by atoms with Crippen LogP contribution >= 0.6 is 0 Å². The van der Waals surface area contributed by atoms with Crippen LogP contribution in [0, 0.1) is 5.82 Å². The molecule has 0 radical (unpaired) electrons. The summed E-state index contributed by atoms with van der Waals surface area (Å²) in [6.07, 6.45) is 0. The molecule has 0 aromatic heterocycles. The lowest BCUT2D eigenvalue weighted by Crippen LogP contribution is -2.41. The quantitative estimate of drug-likeness (QED) is 0.761. The molecule has 0 amide bonds. The lowest BCUT2D eigenvalue weighted by molar-refractivity contribution is -0.145. The number of rotatable bonds is 8. The molecule has 1 atom stereocenters. The molecule has 2 aromatic carbocycles. The first kappa shape index (κ1) is 17.1. The number of nitrogens with one attached hydrogen (secondary N) is 1. The molecule has 2 rings (SSSR count). The lowest BCUT2D eigenvalue weighted by Gasteiger charge is -2.17. The van der Waals surface area contributed by atoms with E-state index in [-0.39, 0.29) is 18.4 Å². The Hall–Kier alpha value is -2.24. The largest absolute Gasteiger partial charge is 0.468 e.